The van der Waals surface area contributed by atoms with Gasteiger partial charge in [0.15, 0.2) is 5.69 Å². The number of carboxylic acids is 1. The zero-order valence-electron chi connectivity index (χ0n) is 7.81. The Morgan fingerprint density at radius 2 is 2.50 bits per heavy atom. The Bertz CT molecular complexity index is 344. The van der Waals surface area contributed by atoms with Crippen molar-refractivity contribution in [3.8, 4) is 0 Å². The summed E-state index contributed by atoms with van der Waals surface area (Å²) in [6.45, 7) is 4.25. The highest BCUT2D eigenvalue weighted by Crippen LogP contribution is 2.09. The van der Waals surface area contributed by atoms with Gasteiger partial charge >= 0.3 is 5.97 Å². The highest BCUT2D eigenvalue weighted by molar-refractivity contribution is 5.91. The van der Waals surface area contributed by atoms with E-state index < -0.39 is 5.97 Å². The van der Waals surface area contributed by atoms with Gasteiger partial charge in [0, 0.05) is 12.7 Å². The molecule has 0 spiro atoms. The van der Waals surface area contributed by atoms with Gasteiger partial charge in [0.25, 0.3) is 0 Å². The average molecular weight is 195 g/mol. The first-order chi connectivity index (χ1) is 6.65. The second-order valence-corrected chi connectivity index (χ2v) is 2.93. The molecule has 0 radical (unpaired) electrons. The Morgan fingerprint density at radius 1 is 1.79 bits per heavy atom. The van der Waals surface area contributed by atoms with Crippen molar-refractivity contribution >= 4 is 11.7 Å². The fourth-order valence-corrected chi connectivity index (χ4v) is 1.12. The summed E-state index contributed by atoms with van der Waals surface area (Å²) in [6.07, 6.45) is 5.10. The van der Waals surface area contributed by atoms with Crippen molar-refractivity contribution in [2.24, 2.45) is 0 Å². The summed E-state index contributed by atoms with van der Waals surface area (Å²) >= 11 is 0. The Hall–Kier alpha value is -1.78. The van der Waals surface area contributed by atoms with Crippen LogP contribution in [0.4, 0.5) is 5.69 Å². The molecule has 1 heterocycles. The average Bonchev–Trinajstić information content (AvgIpc) is 2.47. The number of aromatic nitrogens is 2. The zero-order valence-corrected chi connectivity index (χ0v) is 7.81. The maximum absolute atomic E-state index is 10.6. The van der Waals surface area contributed by atoms with E-state index in [0.717, 1.165) is 12.8 Å². The number of unbranched alkanes of at least 4 members (excludes halogenated alkanes) is 1. The van der Waals surface area contributed by atoms with E-state index in [1.54, 1.807) is 4.68 Å². The number of carboxylic acid groups (broad SMARTS) is 1. The maximum Gasteiger partial charge on any atom is 0.358 e. The highest BCUT2D eigenvalue weighted by atomic mass is 16.4. The van der Waals surface area contributed by atoms with Crippen LogP contribution in [0.5, 0.6) is 0 Å². The molecule has 76 valence electrons. The molecule has 0 atom stereocenters. The molecular weight excluding hydrogens is 182 g/mol. The number of nitrogen functional groups attached to an aromatic ring is 1. The fraction of sp³-hybridized carbons (Fsp3) is 0.333. The Kier molecular flexibility index (Phi) is 3.28. The third kappa shape index (κ3) is 2.35. The van der Waals surface area contributed by atoms with Crippen molar-refractivity contribution in [3.05, 3.63) is 24.5 Å². The Morgan fingerprint density at radius 3 is 3.00 bits per heavy atom. The molecule has 0 amide bonds. The van der Waals surface area contributed by atoms with Crippen molar-refractivity contribution in [3.63, 3.8) is 0 Å². The van der Waals surface area contributed by atoms with E-state index in [1.165, 1.54) is 6.20 Å². The zero-order chi connectivity index (χ0) is 10.6. The minimum atomic E-state index is -1.09. The van der Waals surface area contributed by atoms with Gasteiger partial charge in [-0.25, -0.2) is 4.79 Å². The number of rotatable bonds is 5. The molecule has 0 unspecified atom stereocenters. The minimum absolute atomic E-state index is 0.0800. The maximum atomic E-state index is 10.6. The summed E-state index contributed by atoms with van der Waals surface area (Å²) in [5, 5.41) is 12.5. The van der Waals surface area contributed by atoms with Crippen molar-refractivity contribution in [2.75, 3.05) is 5.73 Å². The predicted molar refractivity (Wildman–Crippen MR) is 53.0 cm³/mol. The molecule has 0 aliphatic heterocycles. The molecular formula is C9H13N3O2. The van der Waals surface area contributed by atoms with Crippen molar-refractivity contribution in [1.29, 1.82) is 0 Å². The lowest BCUT2D eigenvalue weighted by molar-refractivity contribution is 0.0690. The standard InChI is InChI=1S/C9H13N3O2/c1-2-3-4-5-12-6-7(10)8(11-12)9(13)14/h2,6H,1,3-5,10H2,(H,13,14). The lowest BCUT2D eigenvalue weighted by atomic mass is 10.3. The molecule has 1 aromatic rings. The number of nitrogens with zero attached hydrogens (tertiary/aromatic N) is 2. The Labute approximate surface area is 81.8 Å². The molecule has 0 saturated carbocycles. The van der Waals surface area contributed by atoms with E-state index in [1.807, 2.05) is 6.08 Å². The van der Waals surface area contributed by atoms with Gasteiger partial charge in [0.05, 0.1) is 5.69 Å². The summed E-state index contributed by atoms with van der Waals surface area (Å²) in [5.74, 6) is -1.09. The minimum Gasteiger partial charge on any atom is -0.476 e. The van der Waals surface area contributed by atoms with Gasteiger partial charge in [-0.15, -0.1) is 6.58 Å². The lowest BCUT2D eigenvalue weighted by Crippen LogP contribution is -2.03. The van der Waals surface area contributed by atoms with E-state index in [0.29, 0.717) is 6.54 Å². The number of anilines is 1. The van der Waals surface area contributed by atoms with Crippen molar-refractivity contribution in [2.45, 2.75) is 19.4 Å². The summed E-state index contributed by atoms with van der Waals surface area (Å²) < 4.78 is 1.54. The van der Waals surface area contributed by atoms with Crippen LogP contribution in [0.15, 0.2) is 18.9 Å². The molecule has 0 bridgehead atoms. The number of carbonyl (C=O) groups is 1. The number of hydrogen-bond donors (Lipinski definition) is 2. The largest absolute Gasteiger partial charge is 0.476 e. The summed E-state index contributed by atoms with van der Waals surface area (Å²) in [4.78, 5) is 10.6. The van der Waals surface area contributed by atoms with Gasteiger partial charge in [0.1, 0.15) is 0 Å². The predicted octanol–water partition coefficient (Wildman–Crippen LogP) is 1.13. The Balaban J connectivity index is 2.66. The molecule has 0 aliphatic rings. The SMILES string of the molecule is C=CCCCn1cc(N)c(C(=O)O)n1. The second kappa shape index (κ2) is 4.45. The molecule has 3 N–H and O–H groups in total. The number of allylic oxidation sites excluding steroid dienone is 1. The monoisotopic (exact) mass is 195 g/mol. The molecule has 5 nitrogen and oxygen atoms in total. The number of hydrogen-bond acceptors (Lipinski definition) is 3. The lowest BCUT2D eigenvalue weighted by Gasteiger charge is -1.97. The van der Waals surface area contributed by atoms with Crippen LogP contribution in [0.25, 0.3) is 0 Å². The van der Waals surface area contributed by atoms with Crippen LogP contribution in [0.2, 0.25) is 0 Å². The third-order valence-corrected chi connectivity index (χ3v) is 1.79. The molecule has 1 rings (SSSR count). The first-order valence-corrected chi connectivity index (χ1v) is 4.32. The molecule has 0 saturated heterocycles. The topological polar surface area (TPSA) is 81.1 Å². The first kappa shape index (κ1) is 10.3. The van der Waals surface area contributed by atoms with Crippen LogP contribution >= 0.6 is 0 Å². The van der Waals surface area contributed by atoms with E-state index in [4.69, 9.17) is 10.8 Å². The van der Waals surface area contributed by atoms with Crippen LogP contribution in [0.3, 0.4) is 0 Å². The first-order valence-electron chi connectivity index (χ1n) is 4.32. The summed E-state index contributed by atoms with van der Waals surface area (Å²) in [6, 6.07) is 0. The van der Waals surface area contributed by atoms with Gasteiger partial charge in [0.2, 0.25) is 0 Å². The van der Waals surface area contributed by atoms with Gasteiger partial charge in [-0.2, -0.15) is 5.10 Å². The van der Waals surface area contributed by atoms with Crippen LogP contribution in [-0.2, 0) is 6.54 Å². The summed E-state index contributed by atoms with van der Waals surface area (Å²) in [7, 11) is 0. The fourth-order valence-electron chi connectivity index (χ4n) is 1.12. The quantitative estimate of drug-likeness (QED) is 0.545. The number of aryl methyl sites for hydroxylation is 1. The number of aromatic carboxylic acids is 1. The van der Waals surface area contributed by atoms with Gasteiger partial charge < -0.3 is 10.8 Å². The van der Waals surface area contributed by atoms with Crippen molar-refractivity contribution < 1.29 is 9.90 Å². The molecule has 1 aromatic heterocycles. The van der Waals surface area contributed by atoms with Crippen LogP contribution in [0, 0.1) is 0 Å². The molecule has 0 fully saturated rings. The normalized spacial score (nSPS) is 10.0. The van der Waals surface area contributed by atoms with E-state index >= 15 is 0 Å². The highest BCUT2D eigenvalue weighted by Gasteiger charge is 2.12. The molecule has 5 heteroatoms. The van der Waals surface area contributed by atoms with E-state index in [9.17, 15) is 4.79 Å². The van der Waals surface area contributed by atoms with E-state index in [2.05, 4.69) is 11.7 Å². The van der Waals surface area contributed by atoms with Gasteiger partial charge in [-0.05, 0) is 12.8 Å². The third-order valence-electron chi connectivity index (χ3n) is 1.79. The van der Waals surface area contributed by atoms with Gasteiger partial charge in [-0.1, -0.05) is 6.08 Å². The summed E-state index contributed by atoms with van der Waals surface area (Å²) in [5.41, 5.74) is 5.59. The van der Waals surface area contributed by atoms with Gasteiger partial charge in [-0.3, -0.25) is 4.68 Å². The smallest absolute Gasteiger partial charge is 0.358 e. The number of nitrogens with two attached hydrogens (primary N) is 1. The van der Waals surface area contributed by atoms with E-state index in [-0.39, 0.29) is 11.4 Å². The van der Waals surface area contributed by atoms with Crippen molar-refractivity contribution in [1.82, 2.24) is 9.78 Å². The van der Waals surface area contributed by atoms with Crippen LogP contribution in [-0.4, -0.2) is 20.9 Å². The second-order valence-electron chi connectivity index (χ2n) is 2.93. The molecule has 14 heavy (non-hydrogen) atoms. The van der Waals surface area contributed by atoms with Crippen LogP contribution in [0.1, 0.15) is 23.3 Å². The van der Waals surface area contributed by atoms with Crippen LogP contribution < -0.4 is 5.73 Å². The molecule has 0 aliphatic carbocycles. The molecule has 0 aromatic carbocycles.